The molecule has 0 radical (unpaired) electrons. The van der Waals surface area contributed by atoms with Crippen molar-refractivity contribution >= 4 is 34.9 Å². The lowest BCUT2D eigenvalue weighted by atomic mass is 9.72. The quantitative estimate of drug-likeness (QED) is 0.692. The first kappa shape index (κ1) is 17.7. The van der Waals surface area contributed by atoms with Gasteiger partial charge in [0.1, 0.15) is 17.0 Å². The maximum Gasteiger partial charge on any atom is 0.240 e. The topological polar surface area (TPSA) is 98.1 Å². The molecule has 3 aromatic rings. The van der Waals surface area contributed by atoms with Crippen molar-refractivity contribution in [2.45, 2.75) is 18.4 Å². The number of nitrogens with one attached hydrogen (secondary N) is 2. The Kier molecular flexibility index (Phi) is 3.85. The first-order chi connectivity index (χ1) is 14.0. The fourth-order valence-electron chi connectivity index (χ4n) is 4.01. The summed E-state index contributed by atoms with van der Waals surface area (Å²) in [6.07, 6.45) is 3.24. The zero-order chi connectivity index (χ0) is 20.2. The molecule has 146 valence electrons. The van der Waals surface area contributed by atoms with Gasteiger partial charge in [-0.1, -0.05) is 11.6 Å². The van der Waals surface area contributed by atoms with Crippen molar-refractivity contribution in [3.63, 3.8) is 0 Å². The van der Waals surface area contributed by atoms with Crippen LogP contribution >= 0.6 is 11.6 Å². The van der Waals surface area contributed by atoms with E-state index in [9.17, 15) is 9.59 Å². The maximum atomic E-state index is 13.1. The zero-order valence-corrected chi connectivity index (χ0v) is 16.2. The van der Waals surface area contributed by atoms with Crippen LogP contribution in [0.15, 0.2) is 42.7 Å². The van der Waals surface area contributed by atoms with Gasteiger partial charge in [-0.25, -0.2) is 4.68 Å². The van der Waals surface area contributed by atoms with Crippen LogP contribution in [0.3, 0.4) is 0 Å². The molecule has 29 heavy (non-hydrogen) atoms. The molecule has 2 aliphatic rings. The number of carbonyl (C=O) groups excluding carboxylic acids is 2. The molecule has 2 aromatic heterocycles. The van der Waals surface area contributed by atoms with Crippen LogP contribution in [0.2, 0.25) is 5.02 Å². The number of rotatable bonds is 3. The highest BCUT2D eigenvalue weighted by atomic mass is 35.5. The van der Waals surface area contributed by atoms with Gasteiger partial charge in [-0.05, 0) is 35.9 Å². The molecule has 2 aliphatic heterocycles. The van der Waals surface area contributed by atoms with Crippen molar-refractivity contribution in [3.8, 4) is 5.75 Å². The predicted octanol–water partition coefficient (Wildman–Crippen LogP) is 2.57. The van der Waals surface area contributed by atoms with Crippen LogP contribution < -0.4 is 15.4 Å². The van der Waals surface area contributed by atoms with E-state index in [1.165, 1.54) is 0 Å². The fraction of sp³-hybridized carbons (Fsp3) is 0.200. The van der Waals surface area contributed by atoms with E-state index >= 15 is 0 Å². The summed E-state index contributed by atoms with van der Waals surface area (Å²) in [5.74, 6) is 0.624. The number of amides is 2. The zero-order valence-electron chi connectivity index (χ0n) is 15.4. The van der Waals surface area contributed by atoms with Gasteiger partial charge < -0.3 is 15.4 Å². The second kappa shape index (κ2) is 6.31. The number of hydrogen-bond acceptors (Lipinski definition) is 5. The smallest absolute Gasteiger partial charge is 0.240 e. The first-order valence-electron chi connectivity index (χ1n) is 8.98. The van der Waals surface area contributed by atoms with Crippen LogP contribution in [-0.4, -0.2) is 33.7 Å². The summed E-state index contributed by atoms with van der Waals surface area (Å²) in [6.45, 7) is 0.333. The van der Waals surface area contributed by atoms with Crippen LogP contribution in [-0.2, 0) is 21.5 Å². The molecule has 1 aromatic carbocycles. The average molecular weight is 410 g/mol. The molecule has 0 fully saturated rings. The molecule has 1 spiro atoms. The summed E-state index contributed by atoms with van der Waals surface area (Å²) in [5, 5.41) is 10.7. The number of benzene rings is 1. The summed E-state index contributed by atoms with van der Waals surface area (Å²) in [6, 6.07) is 8.83. The number of pyridine rings is 1. The number of halogens is 1. The van der Waals surface area contributed by atoms with Crippen molar-refractivity contribution in [1.82, 2.24) is 14.8 Å². The highest BCUT2D eigenvalue weighted by molar-refractivity contribution is 6.31. The van der Waals surface area contributed by atoms with Crippen molar-refractivity contribution in [1.29, 1.82) is 0 Å². The van der Waals surface area contributed by atoms with E-state index in [2.05, 4.69) is 20.7 Å². The Balaban J connectivity index is 1.61. The van der Waals surface area contributed by atoms with Crippen LogP contribution in [0.25, 0.3) is 0 Å². The molecule has 8 nitrogen and oxygen atoms in total. The summed E-state index contributed by atoms with van der Waals surface area (Å²) in [5.41, 5.74) is 1.58. The molecule has 0 saturated carbocycles. The van der Waals surface area contributed by atoms with Gasteiger partial charge in [0.25, 0.3) is 0 Å². The number of nitrogens with zero attached hydrogens (tertiary/aromatic N) is 3. The molecule has 5 rings (SSSR count). The molecule has 0 bridgehead atoms. The summed E-state index contributed by atoms with van der Waals surface area (Å²) in [7, 11) is 1.58. The minimum atomic E-state index is -1.15. The monoisotopic (exact) mass is 409 g/mol. The van der Waals surface area contributed by atoms with Gasteiger partial charge in [-0.15, -0.1) is 0 Å². The Hall–Kier alpha value is -3.39. The fourth-order valence-corrected chi connectivity index (χ4v) is 4.19. The first-order valence-corrected chi connectivity index (χ1v) is 9.35. The molecule has 2 N–H and O–H groups in total. The van der Waals surface area contributed by atoms with E-state index in [1.54, 1.807) is 48.5 Å². The second-order valence-corrected chi connectivity index (χ2v) is 7.46. The number of anilines is 2. The van der Waals surface area contributed by atoms with Gasteiger partial charge in [0.2, 0.25) is 11.8 Å². The Morgan fingerprint density at radius 1 is 1.17 bits per heavy atom. The minimum Gasteiger partial charge on any atom is -0.495 e. The van der Waals surface area contributed by atoms with Gasteiger partial charge >= 0.3 is 0 Å². The lowest BCUT2D eigenvalue weighted by Crippen LogP contribution is -2.43. The Morgan fingerprint density at radius 3 is 2.79 bits per heavy atom. The Morgan fingerprint density at radius 2 is 2.03 bits per heavy atom. The molecule has 0 saturated heterocycles. The van der Waals surface area contributed by atoms with E-state index < -0.39 is 5.41 Å². The maximum absolute atomic E-state index is 13.1. The van der Waals surface area contributed by atoms with E-state index in [0.717, 1.165) is 5.69 Å². The number of hydrogen-bond donors (Lipinski definition) is 2. The predicted molar refractivity (Wildman–Crippen MR) is 106 cm³/mol. The lowest BCUT2D eigenvalue weighted by Gasteiger charge is -2.31. The highest BCUT2D eigenvalue weighted by Gasteiger charge is 2.54. The second-order valence-electron chi connectivity index (χ2n) is 7.03. The van der Waals surface area contributed by atoms with E-state index in [-0.39, 0.29) is 18.2 Å². The van der Waals surface area contributed by atoms with Gasteiger partial charge in [-0.2, -0.15) is 5.10 Å². The molecular weight excluding hydrogens is 394 g/mol. The third-order valence-corrected chi connectivity index (χ3v) is 5.64. The molecule has 0 aliphatic carbocycles. The summed E-state index contributed by atoms with van der Waals surface area (Å²) in [4.78, 5) is 30.0. The normalized spacial score (nSPS) is 19.5. The number of aromatic nitrogens is 3. The van der Waals surface area contributed by atoms with Crippen molar-refractivity contribution in [3.05, 3.63) is 64.6 Å². The lowest BCUT2D eigenvalue weighted by molar-refractivity contribution is -0.125. The Labute approximate surface area is 170 Å². The molecule has 0 unspecified atom stereocenters. The van der Waals surface area contributed by atoms with Crippen molar-refractivity contribution in [2.24, 2.45) is 0 Å². The molecule has 1 atom stereocenters. The number of carbonyl (C=O) groups is 2. The molecule has 9 heteroatoms. The van der Waals surface area contributed by atoms with Crippen molar-refractivity contribution in [2.75, 3.05) is 17.7 Å². The minimum absolute atomic E-state index is 0.00828. The third-order valence-electron chi connectivity index (χ3n) is 5.41. The van der Waals surface area contributed by atoms with Crippen LogP contribution in [0.5, 0.6) is 5.75 Å². The third kappa shape index (κ3) is 2.60. The summed E-state index contributed by atoms with van der Waals surface area (Å²) < 4.78 is 6.77. The summed E-state index contributed by atoms with van der Waals surface area (Å²) >= 11 is 6.20. The van der Waals surface area contributed by atoms with Gasteiger partial charge in [-0.3, -0.25) is 14.6 Å². The van der Waals surface area contributed by atoms with E-state index in [0.29, 0.717) is 39.9 Å². The molecule has 2 amide bonds. The van der Waals surface area contributed by atoms with Gasteiger partial charge in [0, 0.05) is 22.7 Å². The largest absolute Gasteiger partial charge is 0.495 e. The Bertz CT molecular complexity index is 1160. The molecule has 4 heterocycles. The number of fused-ring (bicyclic) bond motifs is 4. The average Bonchev–Trinajstić information content (AvgIpc) is 3.22. The number of ether oxygens (including phenoxy) is 1. The number of methoxy groups -OCH3 is 1. The van der Waals surface area contributed by atoms with Crippen LogP contribution in [0.4, 0.5) is 11.5 Å². The van der Waals surface area contributed by atoms with Crippen molar-refractivity contribution < 1.29 is 14.3 Å². The SMILES string of the molecule is COc1ccc(Cn2ncc3c2NC(=O)C[C@]32C(=O)Nc3ccc(Cl)cc32)nc1. The standard InChI is InChI=1S/C20H16ClN5O3/c1-29-13-4-3-12(22-8-13)10-26-18-15(9-23-26)20(7-17(27)25-18)14-6-11(21)2-5-16(14)24-19(20)28/h2-6,8-9H,7,10H2,1H3,(H,24,28)(H,25,27)/t20-/m1/s1. The highest BCUT2D eigenvalue weighted by Crippen LogP contribution is 2.50. The van der Waals surface area contributed by atoms with E-state index in [1.807, 2.05) is 6.07 Å². The van der Waals surface area contributed by atoms with Crippen LogP contribution in [0.1, 0.15) is 23.2 Å². The van der Waals surface area contributed by atoms with E-state index in [4.69, 9.17) is 16.3 Å². The van der Waals surface area contributed by atoms with Gasteiger partial charge in [0.05, 0.1) is 31.7 Å². The molecular formula is C20H16ClN5O3. The van der Waals surface area contributed by atoms with Gasteiger partial charge in [0.15, 0.2) is 0 Å². The van der Waals surface area contributed by atoms with Crippen LogP contribution in [0, 0.1) is 0 Å².